The van der Waals surface area contributed by atoms with Gasteiger partial charge in [-0.3, -0.25) is 4.99 Å². The van der Waals surface area contributed by atoms with Crippen molar-refractivity contribution >= 4 is 5.96 Å². The minimum Gasteiger partial charge on any atom is -0.497 e. The van der Waals surface area contributed by atoms with E-state index in [1.165, 1.54) is 18.2 Å². The van der Waals surface area contributed by atoms with Crippen molar-refractivity contribution in [3.05, 3.63) is 65.2 Å². The maximum atomic E-state index is 13.8. The van der Waals surface area contributed by atoms with Gasteiger partial charge in [0.2, 0.25) is 0 Å². The molecular weight excluding hydrogens is 324 g/mol. The number of rotatable bonds is 5. The molecule has 0 heterocycles. The third kappa shape index (κ3) is 4.07. The molecule has 2 atom stereocenters. The standard InChI is InChI=1S/C19H21F2N3O/c1-22-19(23-11-12-6-8-13(25-2)9-7-12)24-17-10-14(17)18-15(20)4-3-5-16(18)21/h3-9,14,17H,10-11H2,1-2H3,(H2,22,23,24). The quantitative estimate of drug-likeness (QED) is 0.646. The van der Waals surface area contributed by atoms with Crippen LogP contribution in [0.25, 0.3) is 0 Å². The highest BCUT2D eigenvalue weighted by molar-refractivity contribution is 5.80. The van der Waals surface area contributed by atoms with Gasteiger partial charge < -0.3 is 15.4 Å². The van der Waals surface area contributed by atoms with E-state index in [4.69, 9.17) is 4.74 Å². The molecule has 3 rings (SSSR count). The second kappa shape index (κ2) is 7.51. The molecule has 2 unspecified atom stereocenters. The molecule has 25 heavy (non-hydrogen) atoms. The summed E-state index contributed by atoms with van der Waals surface area (Å²) in [5, 5.41) is 6.42. The SMILES string of the molecule is CN=C(NCc1ccc(OC)cc1)NC1CC1c1c(F)cccc1F. The largest absolute Gasteiger partial charge is 0.497 e. The van der Waals surface area contributed by atoms with Crippen molar-refractivity contribution in [2.75, 3.05) is 14.2 Å². The van der Waals surface area contributed by atoms with Crippen LogP contribution in [0, 0.1) is 11.6 Å². The van der Waals surface area contributed by atoms with Gasteiger partial charge in [0, 0.05) is 31.1 Å². The van der Waals surface area contributed by atoms with E-state index in [9.17, 15) is 8.78 Å². The van der Waals surface area contributed by atoms with E-state index in [0.29, 0.717) is 18.9 Å². The number of nitrogens with zero attached hydrogens (tertiary/aromatic N) is 1. The number of hydrogen-bond donors (Lipinski definition) is 2. The monoisotopic (exact) mass is 345 g/mol. The third-order valence-electron chi connectivity index (χ3n) is 4.33. The average Bonchev–Trinajstić information content (AvgIpc) is 3.37. The maximum Gasteiger partial charge on any atom is 0.191 e. The van der Waals surface area contributed by atoms with Crippen LogP contribution in [0.15, 0.2) is 47.5 Å². The lowest BCUT2D eigenvalue weighted by Gasteiger charge is -2.12. The van der Waals surface area contributed by atoms with E-state index in [-0.39, 0.29) is 17.5 Å². The molecule has 1 fully saturated rings. The smallest absolute Gasteiger partial charge is 0.191 e. The Morgan fingerprint density at radius 2 is 1.84 bits per heavy atom. The molecule has 4 nitrogen and oxygen atoms in total. The highest BCUT2D eigenvalue weighted by Gasteiger charge is 2.42. The predicted octanol–water partition coefficient (Wildman–Crippen LogP) is 3.19. The fourth-order valence-corrected chi connectivity index (χ4v) is 2.84. The van der Waals surface area contributed by atoms with Crippen molar-refractivity contribution in [2.24, 2.45) is 4.99 Å². The van der Waals surface area contributed by atoms with Crippen molar-refractivity contribution in [3.63, 3.8) is 0 Å². The van der Waals surface area contributed by atoms with Crippen molar-refractivity contribution in [3.8, 4) is 5.75 Å². The summed E-state index contributed by atoms with van der Waals surface area (Å²) in [5.41, 5.74) is 1.24. The van der Waals surface area contributed by atoms with Gasteiger partial charge in [0.25, 0.3) is 0 Å². The molecule has 0 spiro atoms. The Bertz CT molecular complexity index is 742. The predicted molar refractivity (Wildman–Crippen MR) is 93.8 cm³/mol. The number of aliphatic imine (C=N–C) groups is 1. The van der Waals surface area contributed by atoms with Crippen LogP contribution in [-0.2, 0) is 6.54 Å². The first-order chi connectivity index (χ1) is 12.1. The Kier molecular flexibility index (Phi) is 5.16. The first kappa shape index (κ1) is 17.2. The Balaban J connectivity index is 1.55. The first-order valence-electron chi connectivity index (χ1n) is 8.16. The fraction of sp³-hybridized carbons (Fsp3) is 0.316. The summed E-state index contributed by atoms with van der Waals surface area (Å²) in [6, 6.07) is 11.7. The lowest BCUT2D eigenvalue weighted by Crippen LogP contribution is -2.38. The summed E-state index contributed by atoms with van der Waals surface area (Å²) >= 11 is 0. The Hall–Kier alpha value is -2.63. The zero-order valence-electron chi connectivity index (χ0n) is 14.2. The second-order valence-corrected chi connectivity index (χ2v) is 6.00. The number of benzene rings is 2. The van der Waals surface area contributed by atoms with Gasteiger partial charge in [-0.15, -0.1) is 0 Å². The van der Waals surface area contributed by atoms with Crippen molar-refractivity contribution < 1.29 is 13.5 Å². The van der Waals surface area contributed by atoms with E-state index in [2.05, 4.69) is 15.6 Å². The molecule has 6 heteroatoms. The van der Waals surface area contributed by atoms with E-state index in [1.807, 2.05) is 24.3 Å². The summed E-state index contributed by atoms with van der Waals surface area (Å²) in [4.78, 5) is 4.17. The zero-order chi connectivity index (χ0) is 17.8. The molecule has 0 aliphatic heterocycles. The summed E-state index contributed by atoms with van der Waals surface area (Å²) in [6.45, 7) is 0.592. The second-order valence-electron chi connectivity index (χ2n) is 6.00. The molecule has 0 saturated heterocycles. The minimum absolute atomic E-state index is 0.0199. The van der Waals surface area contributed by atoms with Gasteiger partial charge in [-0.2, -0.15) is 0 Å². The highest BCUT2D eigenvalue weighted by Crippen LogP contribution is 2.43. The normalized spacial score (nSPS) is 19.4. The molecular formula is C19H21F2N3O. The Labute approximate surface area is 145 Å². The van der Waals surface area contributed by atoms with Crippen LogP contribution in [0.1, 0.15) is 23.5 Å². The van der Waals surface area contributed by atoms with Crippen LogP contribution in [0.2, 0.25) is 0 Å². The van der Waals surface area contributed by atoms with Crippen molar-refractivity contribution in [1.29, 1.82) is 0 Å². The molecule has 1 saturated carbocycles. The average molecular weight is 345 g/mol. The van der Waals surface area contributed by atoms with Gasteiger partial charge >= 0.3 is 0 Å². The lowest BCUT2D eigenvalue weighted by atomic mass is 10.1. The first-order valence-corrected chi connectivity index (χ1v) is 8.16. The summed E-state index contributed by atoms with van der Waals surface area (Å²) in [7, 11) is 3.30. The summed E-state index contributed by atoms with van der Waals surface area (Å²) in [5.74, 6) is 0.269. The van der Waals surface area contributed by atoms with Crippen LogP contribution >= 0.6 is 0 Å². The van der Waals surface area contributed by atoms with Gasteiger partial charge in [0.1, 0.15) is 17.4 Å². The number of ether oxygens (including phenoxy) is 1. The van der Waals surface area contributed by atoms with E-state index in [0.717, 1.165) is 11.3 Å². The molecule has 132 valence electrons. The minimum atomic E-state index is -0.490. The third-order valence-corrected chi connectivity index (χ3v) is 4.33. The van der Waals surface area contributed by atoms with Crippen molar-refractivity contribution in [1.82, 2.24) is 10.6 Å². The van der Waals surface area contributed by atoms with Gasteiger partial charge in [0.05, 0.1) is 7.11 Å². The lowest BCUT2D eigenvalue weighted by molar-refractivity contribution is 0.414. The van der Waals surface area contributed by atoms with E-state index >= 15 is 0 Å². The number of guanidine groups is 1. The van der Waals surface area contributed by atoms with Crippen LogP contribution in [0.4, 0.5) is 8.78 Å². The van der Waals surface area contributed by atoms with Crippen LogP contribution in [0.5, 0.6) is 5.75 Å². The maximum absolute atomic E-state index is 13.8. The Morgan fingerprint density at radius 1 is 1.16 bits per heavy atom. The molecule has 0 bridgehead atoms. The number of halogens is 2. The highest BCUT2D eigenvalue weighted by atomic mass is 19.1. The van der Waals surface area contributed by atoms with E-state index < -0.39 is 11.6 Å². The summed E-state index contributed by atoms with van der Waals surface area (Å²) in [6.07, 6.45) is 0.682. The molecule has 2 aromatic rings. The molecule has 0 amide bonds. The topological polar surface area (TPSA) is 45.7 Å². The molecule has 0 aromatic heterocycles. The molecule has 0 radical (unpaired) electrons. The molecule has 2 aromatic carbocycles. The molecule has 1 aliphatic carbocycles. The Morgan fingerprint density at radius 3 is 2.44 bits per heavy atom. The van der Waals surface area contributed by atoms with Gasteiger partial charge in [0.15, 0.2) is 5.96 Å². The number of methoxy groups -OCH3 is 1. The number of nitrogens with one attached hydrogen (secondary N) is 2. The molecule has 2 N–H and O–H groups in total. The number of hydrogen-bond acceptors (Lipinski definition) is 2. The fourth-order valence-electron chi connectivity index (χ4n) is 2.84. The van der Waals surface area contributed by atoms with Crippen LogP contribution in [0.3, 0.4) is 0 Å². The van der Waals surface area contributed by atoms with Crippen LogP contribution < -0.4 is 15.4 Å². The van der Waals surface area contributed by atoms with Gasteiger partial charge in [-0.05, 0) is 36.2 Å². The van der Waals surface area contributed by atoms with E-state index in [1.54, 1.807) is 14.2 Å². The zero-order valence-corrected chi connectivity index (χ0v) is 14.2. The van der Waals surface area contributed by atoms with Gasteiger partial charge in [-0.25, -0.2) is 8.78 Å². The van der Waals surface area contributed by atoms with Crippen LogP contribution in [-0.4, -0.2) is 26.2 Å². The summed E-state index contributed by atoms with van der Waals surface area (Å²) < 4.78 is 32.8. The molecule has 1 aliphatic rings. The van der Waals surface area contributed by atoms with Gasteiger partial charge in [-0.1, -0.05) is 18.2 Å². The van der Waals surface area contributed by atoms with Crippen molar-refractivity contribution in [2.45, 2.75) is 24.9 Å².